The third-order valence-electron chi connectivity index (χ3n) is 4.39. The first-order valence-corrected chi connectivity index (χ1v) is 10.3. The van der Waals surface area contributed by atoms with Crippen molar-refractivity contribution in [2.24, 2.45) is 0 Å². The van der Waals surface area contributed by atoms with Crippen LogP contribution < -0.4 is 10.0 Å². The molecule has 5 nitrogen and oxygen atoms in total. The van der Waals surface area contributed by atoms with Gasteiger partial charge in [-0.15, -0.1) is 0 Å². The normalized spacial score (nSPS) is 11.2. The van der Waals surface area contributed by atoms with Gasteiger partial charge < -0.3 is 5.32 Å². The van der Waals surface area contributed by atoms with Crippen molar-refractivity contribution >= 4 is 27.2 Å². The fraction of sp³-hybridized carbons (Fsp3) is 0.190. The molecular formula is C21H23N3O2S. The minimum absolute atomic E-state index is 0.234. The Bertz CT molecular complexity index is 1010. The summed E-state index contributed by atoms with van der Waals surface area (Å²) in [6, 6.07) is 16.4. The van der Waals surface area contributed by atoms with Crippen LogP contribution in [0.1, 0.15) is 23.6 Å². The molecule has 0 aliphatic rings. The lowest BCUT2D eigenvalue weighted by Gasteiger charge is -2.13. The molecule has 0 unspecified atom stereocenters. The van der Waals surface area contributed by atoms with Gasteiger partial charge in [0.15, 0.2) is 0 Å². The Morgan fingerprint density at radius 1 is 0.926 bits per heavy atom. The predicted molar refractivity (Wildman–Crippen MR) is 110 cm³/mol. The summed E-state index contributed by atoms with van der Waals surface area (Å²) in [7, 11) is -3.63. The topological polar surface area (TPSA) is 71.1 Å². The minimum Gasteiger partial charge on any atom is -0.340 e. The number of hydrogen-bond donors (Lipinski definition) is 2. The van der Waals surface area contributed by atoms with Gasteiger partial charge in [-0.3, -0.25) is 4.72 Å². The third kappa shape index (κ3) is 4.46. The summed E-state index contributed by atoms with van der Waals surface area (Å²) in [5, 5.41) is 3.29. The Morgan fingerprint density at radius 2 is 1.59 bits per heavy atom. The summed E-state index contributed by atoms with van der Waals surface area (Å²) in [5.41, 5.74) is 4.77. The van der Waals surface area contributed by atoms with Crippen molar-refractivity contribution in [3.63, 3.8) is 0 Å². The lowest BCUT2D eigenvalue weighted by molar-refractivity contribution is 0.601. The molecule has 0 fully saturated rings. The highest BCUT2D eigenvalue weighted by Gasteiger charge is 2.14. The molecule has 0 spiro atoms. The quantitative estimate of drug-likeness (QED) is 0.643. The van der Waals surface area contributed by atoms with Gasteiger partial charge >= 0.3 is 0 Å². The second kappa shape index (κ2) is 7.80. The summed E-state index contributed by atoms with van der Waals surface area (Å²) in [5.74, 6) is 0.655. The van der Waals surface area contributed by atoms with E-state index in [2.05, 4.69) is 15.0 Å². The second-order valence-corrected chi connectivity index (χ2v) is 8.11. The van der Waals surface area contributed by atoms with Crippen molar-refractivity contribution in [1.82, 2.24) is 4.98 Å². The van der Waals surface area contributed by atoms with Gasteiger partial charge in [-0.1, -0.05) is 37.3 Å². The van der Waals surface area contributed by atoms with Crippen molar-refractivity contribution in [1.29, 1.82) is 0 Å². The highest BCUT2D eigenvalue weighted by molar-refractivity contribution is 7.92. The summed E-state index contributed by atoms with van der Waals surface area (Å²) in [6.07, 6.45) is 2.38. The van der Waals surface area contributed by atoms with Crippen molar-refractivity contribution < 1.29 is 8.42 Å². The molecule has 3 aromatic rings. The molecule has 0 saturated carbocycles. The maximum absolute atomic E-state index is 12.5. The lowest BCUT2D eigenvalue weighted by atomic mass is 10.1. The first-order chi connectivity index (χ1) is 12.9. The molecule has 3 rings (SSSR count). The first kappa shape index (κ1) is 18.9. The van der Waals surface area contributed by atoms with Crippen LogP contribution in [0, 0.1) is 13.8 Å². The number of sulfonamides is 1. The van der Waals surface area contributed by atoms with E-state index in [9.17, 15) is 8.42 Å². The zero-order valence-corrected chi connectivity index (χ0v) is 16.5. The molecular weight excluding hydrogens is 358 g/mol. The van der Waals surface area contributed by atoms with Gasteiger partial charge in [0.2, 0.25) is 0 Å². The number of benzene rings is 2. The summed E-state index contributed by atoms with van der Waals surface area (Å²) >= 11 is 0. The van der Waals surface area contributed by atoms with E-state index in [-0.39, 0.29) is 4.90 Å². The van der Waals surface area contributed by atoms with Gasteiger partial charge in [0.05, 0.1) is 16.8 Å². The summed E-state index contributed by atoms with van der Waals surface area (Å²) in [4.78, 5) is 4.56. The molecule has 2 aromatic carbocycles. The second-order valence-electron chi connectivity index (χ2n) is 6.43. The van der Waals surface area contributed by atoms with Crippen LogP contribution >= 0.6 is 0 Å². The molecule has 2 N–H and O–H groups in total. The Morgan fingerprint density at radius 3 is 2.15 bits per heavy atom. The monoisotopic (exact) mass is 381 g/mol. The molecule has 1 heterocycles. The molecule has 0 radical (unpaired) electrons. The number of nitrogens with one attached hydrogen (secondary N) is 2. The molecule has 0 aliphatic carbocycles. The van der Waals surface area contributed by atoms with Crippen LogP contribution in [0.25, 0.3) is 0 Å². The van der Waals surface area contributed by atoms with Crippen LogP contribution in [-0.2, 0) is 16.4 Å². The number of aromatic nitrogens is 1. The van der Waals surface area contributed by atoms with E-state index in [0.29, 0.717) is 11.5 Å². The first-order valence-electron chi connectivity index (χ1n) is 8.80. The van der Waals surface area contributed by atoms with Gasteiger partial charge in [0, 0.05) is 5.69 Å². The van der Waals surface area contributed by atoms with E-state index in [1.165, 1.54) is 6.20 Å². The van der Waals surface area contributed by atoms with E-state index in [4.69, 9.17) is 0 Å². The van der Waals surface area contributed by atoms with Crippen LogP contribution in [-0.4, -0.2) is 13.4 Å². The average molecular weight is 382 g/mol. The fourth-order valence-corrected chi connectivity index (χ4v) is 3.83. The maximum atomic E-state index is 12.5. The molecule has 0 aliphatic heterocycles. The number of nitrogens with zero attached hydrogens (tertiary/aromatic N) is 1. The Labute approximate surface area is 160 Å². The lowest BCUT2D eigenvalue weighted by Crippen LogP contribution is -2.13. The number of aryl methyl sites for hydroxylation is 3. The smallest absolute Gasteiger partial charge is 0.261 e. The van der Waals surface area contributed by atoms with Crippen molar-refractivity contribution in [2.45, 2.75) is 32.1 Å². The Balaban J connectivity index is 1.75. The van der Waals surface area contributed by atoms with E-state index in [0.717, 1.165) is 28.8 Å². The summed E-state index contributed by atoms with van der Waals surface area (Å²) in [6.45, 7) is 6.09. The highest BCUT2D eigenvalue weighted by Crippen LogP contribution is 2.24. The minimum atomic E-state index is -3.63. The molecule has 0 saturated heterocycles. The van der Waals surface area contributed by atoms with Gasteiger partial charge in [-0.25, -0.2) is 13.4 Å². The highest BCUT2D eigenvalue weighted by atomic mass is 32.2. The maximum Gasteiger partial charge on any atom is 0.261 e. The molecule has 1 aromatic heterocycles. The van der Waals surface area contributed by atoms with Crippen molar-refractivity contribution in [3.8, 4) is 0 Å². The third-order valence-corrected chi connectivity index (χ3v) is 5.79. The predicted octanol–water partition coefficient (Wildman–Crippen LogP) is 4.81. The number of para-hydroxylation sites is 1. The zero-order chi connectivity index (χ0) is 19.4. The Hall–Kier alpha value is -2.86. The van der Waals surface area contributed by atoms with Crippen LogP contribution in [0.4, 0.5) is 17.2 Å². The van der Waals surface area contributed by atoms with Crippen LogP contribution in [0.15, 0.2) is 65.7 Å². The van der Waals surface area contributed by atoms with Crippen LogP contribution in [0.5, 0.6) is 0 Å². The number of rotatable bonds is 6. The fourth-order valence-electron chi connectivity index (χ4n) is 2.79. The van der Waals surface area contributed by atoms with E-state index in [1.54, 1.807) is 24.3 Å². The number of pyridine rings is 1. The number of anilines is 3. The van der Waals surface area contributed by atoms with E-state index < -0.39 is 10.0 Å². The van der Waals surface area contributed by atoms with Crippen LogP contribution in [0.2, 0.25) is 0 Å². The zero-order valence-electron chi connectivity index (χ0n) is 15.7. The van der Waals surface area contributed by atoms with Gasteiger partial charge in [0.25, 0.3) is 10.0 Å². The van der Waals surface area contributed by atoms with Gasteiger partial charge in [0.1, 0.15) is 5.82 Å². The molecule has 0 bridgehead atoms. The van der Waals surface area contributed by atoms with Crippen molar-refractivity contribution in [2.75, 3.05) is 10.0 Å². The molecule has 0 amide bonds. The van der Waals surface area contributed by atoms with Gasteiger partial charge in [-0.05, 0) is 61.2 Å². The van der Waals surface area contributed by atoms with Crippen molar-refractivity contribution in [3.05, 3.63) is 77.5 Å². The molecule has 6 heteroatoms. The molecule has 0 atom stereocenters. The standard InChI is InChI=1S/C21H23N3O2S/c1-4-17-8-11-19(12-9-17)27(25,26)24-18-10-13-20(22-14-18)23-21-15(2)6-5-7-16(21)3/h5-14,24H,4H2,1-3H3,(H,22,23). The average Bonchev–Trinajstić information content (AvgIpc) is 2.66. The molecule has 27 heavy (non-hydrogen) atoms. The number of hydrogen-bond acceptors (Lipinski definition) is 4. The SMILES string of the molecule is CCc1ccc(S(=O)(=O)Nc2ccc(Nc3c(C)cccc3C)nc2)cc1. The van der Waals surface area contributed by atoms with Gasteiger partial charge in [-0.2, -0.15) is 0 Å². The van der Waals surface area contributed by atoms with E-state index >= 15 is 0 Å². The molecule has 140 valence electrons. The van der Waals surface area contributed by atoms with Crippen LogP contribution in [0.3, 0.4) is 0 Å². The Kier molecular flexibility index (Phi) is 5.46. The van der Waals surface area contributed by atoms with E-state index in [1.807, 2.05) is 51.1 Å². The largest absolute Gasteiger partial charge is 0.340 e. The summed E-state index contributed by atoms with van der Waals surface area (Å²) < 4.78 is 27.6.